The number of hydrogen-bond donors (Lipinski definition) is 0. The van der Waals surface area contributed by atoms with E-state index in [2.05, 4.69) is 39.6 Å². The topological polar surface area (TPSA) is 30.7 Å². The Kier molecular flexibility index (Phi) is 2.00. The Morgan fingerprint density at radius 3 is 3.17 bits per heavy atom. The molecule has 2 aromatic heterocycles. The number of aryl methyl sites for hydroxylation is 1. The van der Waals surface area contributed by atoms with Crippen molar-refractivity contribution in [2.45, 2.75) is 13.5 Å². The van der Waals surface area contributed by atoms with Gasteiger partial charge in [-0.2, -0.15) is 5.10 Å². The van der Waals surface area contributed by atoms with Crippen LogP contribution in [0.2, 0.25) is 0 Å². The summed E-state index contributed by atoms with van der Waals surface area (Å²) in [7, 11) is 0. The van der Waals surface area contributed by atoms with E-state index in [1.54, 1.807) is 6.20 Å². The van der Waals surface area contributed by atoms with E-state index < -0.39 is 0 Å². The Labute approximate surface area is 83.9 Å². The zero-order valence-corrected chi connectivity index (χ0v) is 8.82. The van der Waals surface area contributed by atoms with Crippen LogP contribution in [0.5, 0.6) is 0 Å². The van der Waals surface area contributed by atoms with Gasteiger partial charge in [0.2, 0.25) is 0 Å². The van der Waals surface area contributed by atoms with E-state index in [1.807, 2.05) is 16.9 Å². The maximum atomic E-state index is 4.22. The molecule has 0 fully saturated rings. The van der Waals surface area contributed by atoms with Crippen LogP contribution in [-0.4, -0.2) is 14.8 Å². The molecule has 0 radical (unpaired) electrons. The van der Waals surface area contributed by atoms with Gasteiger partial charge in [0.15, 0.2) is 0 Å². The molecule has 62 valence electrons. The summed E-state index contributed by atoms with van der Waals surface area (Å²) in [5.74, 6) is 0. The second-order valence-corrected chi connectivity index (χ2v) is 3.65. The molecule has 0 saturated heterocycles. The quantitative estimate of drug-likeness (QED) is 0.744. The van der Waals surface area contributed by atoms with Crippen LogP contribution in [0.3, 0.4) is 0 Å². The summed E-state index contributed by atoms with van der Waals surface area (Å²) in [4.78, 5) is 4.22. The largest absolute Gasteiger partial charge is 0.262 e. The van der Waals surface area contributed by atoms with Crippen LogP contribution < -0.4 is 0 Å². The third kappa shape index (κ3) is 1.10. The minimum Gasteiger partial charge on any atom is -0.262 e. The van der Waals surface area contributed by atoms with Crippen LogP contribution in [0.25, 0.3) is 11.0 Å². The average Bonchev–Trinajstić information content (AvgIpc) is 2.49. The number of fused-ring (bicyclic) bond motifs is 1. The van der Waals surface area contributed by atoms with Gasteiger partial charge in [0.1, 0.15) is 11.0 Å². The highest BCUT2D eigenvalue weighted by Crippen LogP contribution is 2.17. The van der Waals surface area contributed by atoms with Crippen molar-refractivity contribution in [3.8, 4) is 0 Å². The molecule has 0 aliphatic rings. The van der Waals surface area contributed by atoms with Crippen LogP contribution in [0.4, 0.5) is 0 Å². The summed E-state index contributed by atoms with van der Waals surface area (Å²) in [5.41, 5.74) is 2.12. The van der Waals surface area contributed by atoms with E-state index in [4.69, 9.17) is 0 Å². The van der Waals surface area contributed by atoms with Crippen molar-refractivity contribution in [2.24, 2.45) is 0 Å². The van der Waals surface area contributed by atoms with Gasteiger partial charge in [0, 0.05) is 16.3 Å². The van der Waals surface area contributed by atoms with E-state index >= 15 is 0 Å². The van der Waals surface area contributed by atoms with Gasteiger partial charge in [-0.05, 0) is 35.6 Å². The standard InChI is InChI=1S/C8H8IN3/c1-2-12-8-6(9)3-4-10-7(8)5-11-12/h3-5H,2H2,1H3. The van der Waals surface area contributed by atoms with Gasteiger partial charge in [0.05, 0.1) is 6.20 Å². The fourth-order valence-electron chi connectivity index (χ4n) is 1.22. The van der Waals surface area contributed by atoms with Gasteiger partial charge in [-0.15, -0.1) is 0 Å². The van der Waals surface area contributed by atoms with Crippen molar-refractivity contribution >= 4 is 33.6 Å². The molecule has 0 spiro atoms. The molecule has 0 aliphatic heterocycles. The summed E-state index contributed by atoms with van der Waals surface area (Å²) in [6, 6.07) is 2.00. The Morgan fingerprint density at radius 2 is 2.42 bits per heavy atom. The van der Waals surface area contributed by atoms with Gasteiger partial charge >= 0.3 is 0 Å². The second kappa shape index (κ2) is 3.01. The highest BCUT2D eigenvalue weighted by atomic mass is 127. The number of pyridine rings is 1. The number of aromatic nitrogens is 3. The zero-order valence-electron chi connectivity index (χ0n) is 6.66. The summed E-state index contributed by atoms with van der Waals surface area (Å²) >= 11 is 2.30. The number of halogens is 1. The molecule has 0 aromatic carbocycles. The molecule has 0 aliphatic carbocycles. The van der Waals surface area contributed by atoms with Gasteiger partial charge < -0.3 is 0 Å². The lowest BCUT2D eigenvalue weighted by Gasteiger charge is -1.98. The van der Waals surface area contributed by atoms with Gasteiger partial charge in [-0.3, -0.25) is 9.67 Å². The Balaban J connectivity index is 2.83. The molecule has 0 unspecified atom stereocenters. The first-order valence-corrected chi connectivity index (χ1v) is 4.87. The number of nitrogens with zero attached hydrogens (tertiary/aromatic N) is 3. The first-order valence-electron chi connectivity index (χ1n) is 3.79. The minimum atomic E-state index is 0.894. The molecule has 0 N–H and O–H groups in total. The van der Waals surface area contributed by atoms with E-state index in [0.29, 0.717) is 0 Å². The third-order valence-electron chi connectivity index (χ3n) is 1.78. The zero-order chi connectivity index (χ0) is 8.55. The molecule has 0 bridgehead atoms. The Bertz CT molecular complexity index is 408. The fraction of sp³-hybridized carbons (Fsp3) is 0.250. The highest BCUT2D eigenvalue weighted by Gasteiger charge is 2.04. The summed E-state index contributed by atoms with van der Waals surface area (Å²) in [5, 5.41) is 4.22. The maximum absolute atomic E-state index is 4.22. The molecular weight excluding hydrogens is 265 g/mol. The minimum absolute atomic E-state index is 0.894. The predicted molar refractivity (Wildman–Crippen MR) is 55.9 cm³/mol. The molecule has 12 heavy (non-hydrogen) atoms. The lowest BCUT2D eigenvalue weighted by molar-refractivity contribution is 0.683. The van der Waals surface area contributed by atoms with E-state index in [1.165, 1.54) is 3.57 Å². The first kappa shape index (κ1) is 7.97. The van der Waals surface area contributed by atoms with Gasteiger partial charge in [-0.1, -0.05) is 0 Å². The molecule has 2 heterocycles. The van der Waals surface area contributed by atoms with E-state index in [0.717, 1.165) is 17.6 Å². The Morgan fingerprint density at radius 1 is 1.58 bits per heavy atom. The summed E-state index contributed by atoms with van der Waals surface area (Å²) in [6.07, 6.45) is 3.62. The van der Waals surface area contributed by atoms with Crippen LogP contribution in [0, 0.1) is 3.57 Å². The van der Waals surface area contributed by atoms with Crippen LogP contribution in [0.1, 0.15) is 6.92 Å². The molecule has 2 aromatic rings. The first-order chi connectivity index (χ1) is 5.83. The van der Waals surface area contributed by atoms with E-state index in [9.17, 15) is 0 Å². The third-order valence-corrected chi connectivity index (χ3v) is 2.65. The molecule has 0 atom stereocenters. The number of rotatable bonds is 1. The lowest BCUT2D eigenvalue weighted by atomic mass is 10.4. The monoisotopic (exact) mass is 273 g/mol. The lowest BCUT2D eigenvalue weighted by Crippen LogP contribution is -1.96. The van der Waals surface area contributed by atoms with Crippen molar-refractivity contribution in [1.82, 2.24) is 14.8 Å². The van der Waals surface area contributed by atoms with Gasteiger partial charge in [-0.25, -0.2) is 0 Å². The SMILES string of the molecule is CCn1ncc2nccc(I)c21. The summed E-state index contributed by atoms with van der Waals surface area (Å²) in [6.45, 7) is 2.97. The smallest absolute Gasteiger partial charge is 0.109 e. The van der Waals surface area contributed by atoms with Crippen molar-refractivity contribution < 1.29 is 0 Å². The van der Waals surface area contributed by atoms with Crippen molar-refractivity contribution in [1.29, 1.82) is 0 Å². The van der Waals surface area contributed by atoms with Crippen LogP contribution in [-0.2, 0) is 6.54 Å². The Hall–Kier alpha value is -0.650. The number of hydrogen-bond acceptors (Lipinski definition) is 2. The maximum Gasteiger partial charge on any atom is 0.109 e. The molecule has 4 heteroatoms. The van der Waals surface area contributed by atoms with E-state index in [-0.39, 0.29) is 0 Å². The second-order valence-electron chi connectivity index (χ2n) is 2.49. The fourth-order valence-corrected chi connectivity index (χ4v) is 1.93. The van der Waals surface area contributed by atoms with Crippen molar-refractivity contribution in [3.63, 3.8) is 0 Å². The van der Waals surface area contributed by atoms with Gasteiger partial charge in [0.25, 0.3) is 0 Å². The molecular formula is C8H8IN3. The highest BCUT2D eigenvalue weighted by molar-refractivity contribution is 14.1. The normalized spacial score (nSPS) is 10.8. The molecule has 0 saturated carbocycles. The summed E-state index contributed by atoms with van der Waals surface area (Å²) < 4.78 is 3.17. The van der Waals surface area contributed by atoms with Crippen molar-refractivity contribution in [3.05, 3.63) is 22.0 Å². The predicted octanol–water partition coefficient (Wildman–Crippen LogP) is 2.06. The van der Waals surface area contributed by atoms with Crippen molar-refractivity contribution in [2.75, 3.05) is 0 Å². The molecule has 0 amide bonds. The average molecular weight is 273 g/mol. The van der Waals surface area contributed by atoms with Crippen LogP contribution in [0.15, 0.2) is 18.5 Å². The molecule has 2 rings (SSSR count). The van der Waals surface area contributed by atoms with Crippen LogP contribution >= 0.6 is 22.6 Å². The molecule has 3 nitrogen and oxygen atoms in total.